The molecule has 0 bridgehead atoms. The summed E-state index contributed by atoms with van der Waals surface area (Å²) in [5.74, 6) is 0.127. The lowest BCUT2D eigenvalue weighted by Gasteiger charge is -2.14. The van der Waals surface area contributed by atoms with Crippen LogP contribution in [0.4, 0.5) is 10.1 Å². The number of amides is 1. The minimum Gasteiger partial charge on any atom is -0.490 e. The Morgan fingerprint density at radius 2 is 1.68 bits per heavy atom. The number of benzene rings is 3. The molecule has 1 amide bonds. The van der Waals surface area contributed by atoms with Crippen molar-refractivity contribution in [2.24, 2.45) is 0 Å². The van der Waals surface area contributed by atoms with Gasteiger partial charge in [0.05, 0.1) is 6.61 Å². The molecule has 0 unspecified atom stereocenters. The van der Waals surface area contributed by atoms with Crippen LogP contribution in [0.25, 0.3) is 6.08 Å². The molecule has 0 saturated heterocycles. The van der Waals surface area contributed by atoms with Gasteiger partial charge in [-0.3, -0.25) is 4.79 Å². The molecule has 0 aromatic heterocycles. The van der Waals surface area contributed by atoms with Gasteiger partial charge in [-0.05, 0) is 72.5 Å². The lowest BCUT2D eigenvalue weighted by atomic mass is 10.1. The van der Waals surface area contributed by atoms with E-state index in [2.05, 4.69) is 28.2 Å². The number of anilines is 1. The largest absolute Gasteiger partial charge is 0.490 e. The van der Waals surface area contributed by atoms with Gasteiger partial charge in [-0.25, -0.2) is 4.39 Å². The number of aryl methyl sites for hydroxylation is 1. The minimum atomic E-state index is -0.506. The van der Waals surface area contributed by atoms with Gasteiger partial charge in [-0.2, -0.15) is 5.26 Å². The average molecular weight is 523 g/mol. The zero-order valence-electron chi connectivity index (χ0n) is 18.9. The van der Waals surface area contributed by atoms with Crippen LogP contribution in [0.1, 0.15) is 30.5 Å². The molecule has 5 nitrogen and oxygen atoms in total. The number of nitrogens with one attached hydrogen (secondary N) is 1. The summed E-state index contributed by atoms with van der Waals surface area (Å²) in [6.45, 7) is 4.53. The molecule has 0 aliphatic rings. The molecule has 0 saturated carbocycles. The number of nitrogens with zero attached hydrogens (tertiary/aromatic N) is 1. The molecule has 0 heterocycles. The van der Waals surface area contributed by atoms with Gasteiger partial charge in [0, 0.05) is 10.2 Å². The Labute approximate surface area is 207 Å². The molecule has 3 aromatic carbocycles. The van der Waals surface area contributed by atoms with Crippen LogP contribution < -0.4 is 14.8 Å². The Morgan fingerprint density at radius 3 is 2.29 bits per heavy atom. The monoisotopic (exact) mass is 522 g/mol. The highest BCUT2D eigenvalue weighted by Gasteiger charge is 2.14. The van der Waals surface area contributed by atoms with Gasteiger partial charge in [0.2, 0.25) is 0 Å². The number of rotatable bonds is 9. The van der Waals surface area contributed by atoms with E-state index in [1.807, 2.05) is 37.3 Å². The second kappa shape index (κ2) is 12.0. The van der Waals surface area contributed by atoms with E-state index in [1.165, 1.54) is 18.2 Å². The minimum absolute atomic E-state index is 0.0531. The van der Waals surface area contributed by atoms with Gasteiger partial charge >= 0.3 is 0 Å². The molecule has 7 heteroatoms. The van der Waals surface area contributed by atoms with E-state index in [0.29, 0.717) is 33.8 Å². The van der Waals surface area contributed by atoms with E-state index in [-0.39, 0.29) is 18.0 Å². The Bertz CT molecular complexity index is 1220. The first kappa shape index (κ1) is 25.0. The van der Waals surface area contributed by atoms with Crippen LogP contribution >= 0.6 is 15.9 Å². The fourth-order valence-corrected chi connectivity index (χ4v) is 3.55. The number of carbonyl (C=O) groups is 1. The maximum absolute atomic E-state index is 13.1. The molecule has 0 aliphatic carbocycles. The Balaban J connectivity index is 1.82. The molecule has 1 N–H and O–H groups in total. The fourth-order valence-electron chi connectivity index (χ4n) is 3.11. The second-order valence-electron chi connectivity index (χ2n) is 7.34. The van der Waals surface area contributed by atoms with Crippen LogP contribution in [0.3, 0.4) is 0 Å². The van der Waals surface area contributed by atoms with Crippen molar-refractivity contribution in [3.63, 3.8) is 0 Å². The Hall–Kier alpha value is -3.63. The summed E-state index contributed by atoms with van der Waals surface area (Å²) in [4.78, 5) is 12.7. The van der Waals surface area contributed by atoms with Crippen LogP contribution in [0.5, 0.6) is 11.5 Å². The number of carbonyl (C=O) groups excluding carboxylic acids is 1. The summed E-state index contributed by atoms with van der Waals surface area (Å²) < 4.78 is 25.4. The van der Waals surface area contributed by atoms with E-state index in [0.717, 1.165) is 17.5 Å². The summed E-state index contributed by atoms with van der Waals surface area (Å²) in [5.41, 5.74) is 3.11. The van der Waals surface area contributed by atoms with Gasteiger partial charge in [0.15, 0.2) is 11.5 Å². The first-order chi connectivity index (χ1) is 16.4. The molecule has 0 aliphatic heterocycles. The van der Waals surface area contributed by atoms with Crippen LogP contribution in [-0.2, 0) is 17.8 Å². The number of nitriles is 1. The van der Waals surface area contributed by atoms with Gasteiger partial charge in [0.25, 0.3) is 5.91 Å². The maximum atomic E-state index is 13.1. The van der Waals surface area contributed by atoms with Crippen LogP contribution in [-0.4, -0.2) is 12.5 Å². The molecular formula is C27H24BrFN2O3. The van der Waals surface area contributed by atoms with Crippen molar-refractivity contribution < 1.29 is 18.7 Å². The predicted molar refractivity (Wildman–Crippen MR) is 134 cm³/mol. The Kier molecular flexibility index (Phi) is 8.83. The van der Waals surface area contributed by atoms with Crippen molar-refractivity contribution >= 4 is 33.6 Å². The first-order valence-corrected chi connectivity index (χ1v) is 11.6. The molecular weight excluding hydrogens is 499 g/mol. The van der Waals surface area contributed by atoms with Crippen molar-refractivity contribution in [2.75, 3.05) is 11.9 Å². The fraction of sp³-hybridized carbons (Fsp3) is 0.185. The summed E-state index contributed by atoms with van der Waals surface area (Å²) in [6.07, 6.45) is 2.39. The predicted octanol–water partition coefficient (Wildman–Crippen LogP) is 6.67. The smallest absolute Gasteiger partial charge is 0.266 e. The highest BCUT2D eigenvalue weighted by molar-refractivity contribution is 9.10. The van der Waals surface area contributed by atoms with E-state index in [1.54, 1.807) is 24.3 Å². The highest BCUT2D eigenvalue weighted by atomic mass is 79.9. The standard InChI is InChI=1S/C27H24BrFN2O3/c1-3-18-7-11-23(12-8-18)31-27(32)21(16-30)13-20-14-25(33-4-2)26(15-24(20)28)34-17-19-5-9-22(29)10-6-19/h5-15H,3-4,17H2,1-2H3,(H,31,32)/b21-13+. The molecule has 0 radical (unpaired) electrons. The normalized spacial score (nSPS) is 11.0. The third-order valence-electron chi connectivity index (χ3n) is 4.96. The average Bonchev–Trinajstić information content (AvgIpc) is 2.84. The molecule has 0 fully saturated rings. The molecule has 0 atom stereocenters. The van der Waals surface area contributed by atoms with Crippen LogP contribution in [0.15, 0.2) is 70.7 Å². The summed E-state index contributed by atoms with van der Waals surface area (Å²) in [7, 11) is 0. The Morgan fingerprint density at radius 1 is 1.03 bits per heavy atom. The van der Waals surface area contributed by atoms with Crippen LogP contribution in [0, 0.1) is 17.1 Å². The third kappa shape index (κ3) is 6.69. The highest BCUT2D eigenvalue weighted by Crippen LogP contribution is 2.35. The summed E-state index contributed by atoms with van der Waals surface area (Å²) >= 11 is 3.49. The first-order valence-electron chi connectivity index (χ1n) is 10.8. The van der Waals surface area contributed by atoms with Crippen molar-refractivity contribution in [1.29, 1.82) is 5.26 Å². The molecule has 0 spiro atoms. The molecule has 174 valence electrons. The third-order valence-corrected chi connectivity index (χ3v) is 5.64. The second-order valence-corrected chi connectivity index (χ2v) is 8.20. The zero-order chi connectivity index (χ0) is 24.5. The summed E-state index contributed by atoms with van der Waals surface area (Å²) in [5, 5.41) is 12.3. The van der Waals surface area contributed by atoms with Crippen molar-refractivity contribution in [2.45, 2.75) is 26.9 Å². The lowest BCUT2D eigenvalue weighted by molar-refractivity contribution is -0.112. The van der Waals surface area contributed by atoms with E-state index >= 15 is 0 Å². The van der Waals surface area contributed by atoms with Crippen LogP contribution in [0.2, 0.25) is 0 Å². The number of hydrogen-bond donors (Lipinski definition) is 1. The molecule has 3 aromatic rings. The summed E-state index contributed by atoms with van der Waals surface area (Å²) in [6, 6.07) is 18.9. The van der Waals surface area contributed by atoms with Gasteiger partial charge < -0.3 is 14.8 Å². The van der Waals surface area contributed by atoms with Gasteiger partial charge in [-0.15, -0.1) is 0 Å². The van der Waals surface area contributed by atoms with Crippen molar-refractivity contribution in [3.8, 4) is 17.6 Å². The lowest BCUT2D eigenvalue weighted by Crippen LogP contribution is -2.13. The van der Waals surface area contributed by atoms with Crippen molar-refractivity contribution in [3.05, 3.63) is 93.2 Å². The molecule has 3 rings (SSSR count). The van der Waals surface area contributed by atoms with E-state index < -0.39 is 5.91 Å². The topological polar surface area (TPSA) is 71.3 Å². The maximum Gasteiger partial charge on any atom is 0.266 e. The SMILES string of the molecule is CCOc1cc(/C=C(\C#N)C(=O)Nc2ccc(CC)cc2)c(Br)cc1OCc1ccc(F)cc1. The van der Waals surface area contributed by atoms with Gasteiger partial charge in [0.1, 0.15) is 24.1 Å². The number of halogens is 2. The van der Waals surface area contributed by atoms with E-state index in [9.17, 15) is 14.4 Å². The molecule has 34 heavy (non-hydrogen) atoms. The van der Waals surface area contributed by atoms with Crippen molar-refractivity contribution in [1.82, 2.24) is 0 Å². The number of ether oxygens (including phenoxy) is 2. The quantitative estimate of drug-likeness (QED) is 0.251. The number of hydrogen-bond acceptors (Lipinski definition) is 4. The van der Waals surface area contributed by atoms with E-state index in [4.69, 9.17) is 9.47 Å². The van der Waals surface area contributed by atoms with Gasteiger partial charge in [-0.1, -0.05) is 47.1 Å². The zero-order valence-corrected chi connectivity index (χ0v) is 20.5.